The molecule has 0 radical (unpaired) electrons. The van der Waals surface area contributed by atoms with Crippen LogP contribution >= 0.6 is 68.0 Å². The molecule has 7 N–H and O–H groups in total. The number of aromatic nitrogens is 7. The average molecular weight is 1240 g/mol. The number of aryl methyl sites for hydroxylation is 1. The number of nitrogens with zero attached hydrogens (tertiary/aromatic N) is 7. The standard InChI is InChI=1S/C55H57N13O9S6/c1-26(2)31-18-37(70)43-27(3)82-54(67-43)33(19-41(72)57-5)60-48(74)35-23-78-50(62-35)30-15-16-32(52-65-39(25-81-52)64-40(71)14-10-11-17-56)59-44(30)34-22-79-53(61-34)36-24-80-55(63-36)46(47(77-28(4)69)29-12-8-7-9-13-29)66-42(73)20-58-49(75)45-38(21-76-6)83-51(31)68-45/h7-9,12-13,15-16,22-26,31,33,46-47H,10-11,14,17-21,56H2,1-6H3,(H,57,72)(H,58,75)(H,60,74)(H,64,71)(H,66,73)/t31-,33+,46+,47+/m1/s1. The van der Waals surface area contributed by atoms with E-state index in [0.29, 0.717) is 105 Å². The number of pyridine rings is 1. The summed E-state index contributed by atoms with van der Waals surface area (Å²) in [5.74, 6) is -3.62. The van der Waals surface area contributed by atoms with Crippen molar-refractivity contribution in [2.45, 2.75) is 90.5 Å². The number of nitrogens with one attached hydrogen (secondary N) is 5. The molecule has 0 saturated carbocycles. The molecule has 5 amide bonds. The Morgan fingerprint density at radius 1 is 0.735 bits per heavy atom. The van der Waals surface area contributed by atoms with Gasteiger partial charge >= 0.3 is 5.97 Å². The van der Waals surface area contributed by atoms with E-state index in [1.54, 1.807) is 64.8 Å². The molecule has 0 unspecified atom stereocenters. The van der Waals surface area contributed by atoms with Crippen LogP contribution in [0.25, 0.3) is 43.4 Å². The first kappa shape index (κ1) is 60.2. The Morgan fingerprint density at radius 3 is 2.20 bits per heavy atom. The van der Waals surface area contributed by atoms with Gasteiger partial charge in [-0.25, -0.2) is 34.9 Å². The second-order valence-electron chi connectivity index (χ2n) is 19.3. The summed E-state index contributed by atoms with van der Waals surface area (Å²) in [6.07, 6.45) is 0.354. The number of nitrogens with two attached hydrogens (primary N) is 1. The lowest BCUT2D eigenvalue weighted by Gasteiger charge is -2.26. The molecule has 28 heteroatoms. The van der Waals surface area contributed by atoms with E-state index in [4.69, 9.17) is 45.1 Å². The molecule has 1 aliphatic rings. The first-order valence-electron chi connectivity index (χ1n) is 26.1. The van der Waals surface area contributed by atoms with Crippen LogP contribution in [0.2, 0.25) is 0 Å². The number of Topliss-reactive ketones (excluding diaryl/α,β-unsaturated/α-hetero) is 1. The van der Waals surface area contributed by atoms with Gasteiger partial charge in [-0.3, -0.25) is 33.6 Å². The Hall–Kier alpha value is -7.44. The minimum Gasteiger partial charge on any atom is -0.455 e. The number of hydrogen-bond acceptors (Lipinski definition) is 23. The Morgan fingerprint density at radius 2 is 1.46 bits per heavy atom. The fourth-order valence-corrected chi connectivity index (χ4v) is 14.4. The van der Waals surface area contributed by atoms with Crippen molar-refractivity contribution in [3.05, 3.63) is 111 Å². The molecule has 432 valence electrons. The quantitative estimate of drug-likeness (QED) is 0.0437. The van der Waals surface area contributed by atoms with E-state index in [0.717, 1.165) is 0 Å². The monoisotopic (exact) mass is 1240 g/mol. The molecular formula is C55H57N13O9S6. The molecule has 1 aliphatic heterocycles. The number of esters is 1. The van der Waals surface area contributed by atoms with E-state index in [1.165, 1.54) is 89.1 Å². The van der Waals surface area contributed by atoms with Crippen molar-refractivity contribution in [1.82, 2.24) is 56.2 Å². The maximum atomic E-state index is 14.4. The van der Waals surface area contributed by atoms with E-state index in [9.17, 15) is 33.6 Å². The highest BCUT2D eigenvalue weighted by Gasteiger charge is 2.35. The number of carbonyl (C=O) groups excluding carboxylic acids is 7. The molecule has 1 aromatic carbocycles. The number of fused-ring (bicyclic) bond motifs is 14. The number of methoxy groups -OCH3 is 1. The summed E-state index contributed by atoms with van der Waals surface area (Å²) in [5, 5.41) is 23.6. The molecule has 0 fully saturated rings. The number of ether oxygens (including phenoxy) is 2. The molecular weight excluding hydrogens is 1180 g/mol. The lowest BCUT2D eigenvalue weighted by Crippen LogP contribution is -2.41. The van der Waals surface area contributed by atoms with Crippen molar-refractivity contribution in [2.24, 2.45) is 11.7 Å². The largest absolute Gasteiger partial charge is 0.455 e. The molecule has 22 nitrogen and oxygen atoms in total. The van der Waals surface area contributed by atoms with Gasteiger partial charge in [0.05, 0.1) is 41.2 Å². The van der Waals surface area contributed by atoms with Crippen molar-refractivity contribution in [2.75, 3.05) is 32.6 Å². The van der Waals surface area contributed by atoms with Crippen LogP contribution in [0.5, 0.6) is 0 Å². The number of unbranched alkanes of at least 4 members (excludes halogenated alkanes) is 1. The number of amides is 5. The highest BCUT2D eigenvalue weighted by Crippen LogP contribution is 2.41. The van der Waals surface area contributed by atoms with E-state index in [-0.39, 0.29) is 60.0 Å². The first-order chi connectivity index (χ1) is 40.0. The second-order valence-corrected chi connectivity index (χ2v) is 25.1. The van der Waals surface area contributed by atoms with Crippen LogP contribution in [0, 0.1) is 12.8 Å². The van der Waals surface area contributed by atoms with Gasteiger partial charge in [-0.05, 0) is 49.9 Å². The van der Waals surface area contributed by atoms with Gasteiger partial charge in [0.2, 0.25) is 17.7 Å². The molecule has 0 spiro atoms. The maximum Gasteiger partial charge on any atom is 0.303 e. The summed E-state index contributed by atoms with van der Waals surface area (Å²) >= 11 is 7.37. The number of thiazole rings is 6. The van der Waals surface area contributed by atoms with Gasteiger partial charge in [-0.15, -0.1) is 68.0 Å². The van der Waals surface area contributed by atoms with Gasteiger partial charge in [-0.1, -0.05) is 44.2 Å². The zero-order valence-electron chi connectivity index (χ0n) is 45.7. The summed E-state index contributed by atoms with van der Waals surface area (Å²) in [7, 11) is 2.97. The Bertz CT molecular complexity index is 3680. The molecule has 7 aromatic heterocycles. The summed E-state index contributed by atoms with van der Waals surface area (Å²) in [6.45, 7) is 6.90. The normalized spacial score (nSPS) is 16.4. The van der Waals surface area contributed by atoms with Crippen molar-refractivity contribution >= 4 is 115 Å². The maximum absolute atomic E-state index is 14.4. The van der Waals surface area contributed by atoms with Crippen LogP contribution in [0.4, 0.5) is 5.82 Å². The third kappa shape index (κ3) is 14.5. The molecule has 8 heterocycles. The van der Waals surface area contributed by atoms with E-state index in [1.807, 2.05) is 19.9 Å². The highest BCUT2D eigenvalue weighted by atomic mass is 32.1. The summed E-state index contributed by atoms with van der Waals surface area (Å²) < 4.78 is 11.4. The number of rotatable bonds is 14. The van der Waals surface area contributed by atoms with Crippen molar-refractivity contribution in [1.29, 1.82) is 0 Å². The molecule has 0 aliphatic carbocycles. The molecule has 8 aromatic rings. The molecule has 83 heavy (non-hydrogen) atoms. The van der Waals surface area contributed by atoms with Crippen molar-refractivity contribution in [3.8, 4) is 43.4 Å². The summed E-state index contributed by atoms with van der Waals surface area (Å²) in [4.78, 5) is 131. The highest BCUT2D eigenvalue weighted by molar-refractivity contribution is 7.15. The second kappa shape index (κ2) is 27.3. The predicted octanol–water partition coefficient (Wildman–Crippen LogP) is 8.84. The van der Waals surface area contributed by atoms with Gasteiger partial charge < -0.3 is 41.8 Å². The lowest BCUT2D eigenvalue weighted by molar-refractivity contribution is -0.149. The van der Waals surface area contributed by atoms with E-state index >= 15 is 0 Å². The molecule has 0 saturated heterocycles. The van der Waals surface area contributed by atoms with Gasteiger partial charge in [0, 0.05) is 71.8 Å². The van der Waals surface area contributed by atoms with Gasteiger partial charge in [0.25, 0.3) is 11.8 Å². The summed E-state index contributed by atoms with van der Waals surface area (Å²) in [5.41, 5.74) is 8.67. The fraction of sp³-hybridized carbons (Fsp3) is 0.345. The fourth-order valence-electron chi connectivity index (χ4n) is 8.83. The third-order valence-corrected chi connectivity index (χ3v) is 18.8. The zero-order valence-corrected chi connectivity index (χ0v) is 50.6. The first-order valence-corrected chi connectivity index (χ1v) is 31.3. The van der Waals surface area contributed by atoms with Crippen LogP contribution in [-0.2, 0) is 35.3 Å². The Balaban J connectivity index is 1.14. The van der Waals surface area contributed by atoms with Crippen molar-refractivity contribution in [3.63, 3.8) is 0 Å². The zero-order chi connectivity index (χ0) is 58.9. The Kier molecular flexibility index (Phi) is 19.8. The molecule has 9 rings (SSSR count). The predicted molar refractivity (Wildman–Crippen MR) is 319 cm³/mol. The van der Waals surface area contributed by atoms with E-state index in [2.05, 4.69) is 31.6 Å². The van der Waals surface area contributed by atoms with Crippen LogP contribution in [0.3, 0.4) is 0 Å². The van der Waals surface area contributed by atoms with Crippen molar-refractivity contribution < 1.29 is 43.0 Å². The smallest absolute Gasteiger partial charge is 0.303 e. The number of ketones is 1. The topological polar surface area (TPSA) is 314 Å². The Labute approximate surface area is 500 Å². The van der Waals surface area contributed by atoms with Crippen LogP contribution in [0.15, 0.2) is 64.0 Å². The number of anilines is 1. The van der Waals surface area contributed by atoms with Gasteiger partial charge in [-0.2, -0.15) is 0 Å². The number of hydrogen-bond donors (Lipinski definition) is 6. The van der Waals surface area contributed by atoms with Gasteiger partial charge in [0.15, 0.2) is 11.9 Å². The molecule has 10 bridgehead atoms. The van der Waals surface area contributed by atoms with Crippen LogP contribution in [0.1, 0.15) is 139 Å². The number of benzene rings is 1. The lowest BCUT2D eigenvalue weighted by atomic mass is 9.90. The van der Waals surface area contributed by atoms with E-state index < -0.39 is 54.3 Å². The number of carbonyl (C=O) groups is 7. The minimum absolute atomic E-state index is 0.0208. The third-order valence-electron chi connectivity index (χ3n) is 13.0. The molecule has 4 atom stereocenters. The SMILES string of the molecule is CNC(=O)C[C@@H]1NC(=O)c2csc(n2)-c2ccc(-c3nc(NC(=O)CCCCN)cs3)nc2-c2csc(n2)-c2csc(n2)[C@H]([C@@H](OC(C)=O)c2ccccc2)NC(=O)CNC(=O)c2nc(sc2COC)[C@@H](C(C)C)CC(=O)c2nc1sc2C. The average Bonchev–Trinajstić information content (AvgIpc) is 4.52. The van der Waals surface area contributed by atoms with Crippen LogP contribution < -0.4 is 32.3 Å². The van der Waals surface area contributed by atoms with Gasteiger partial charge in [0.1, 0.15) is 71.1 Å². The minimum atomic E-state index is -1.06. The summed E-state index contributed by atoms with van der Waals surface area (Å²) in [6, 6.07) is 10.5. The van der Waals surface area contributed by atoms with Crippen LogP contribution in [-0.4, -0.2) is 103 Å².